The number of nitrogen functional groups attached to an aromatic ring is 1. The van der Waals surface area contributed by atoms with Crippen LogP contribution in [0.2, 0.25) is 5.02 Å². The number of halogens is 2. The van der Waals surface area contributed by atoms with Gasteiger partial charge in [-0.3, -0.25) is 4.79 Å². The molecule has 0 spiro atoms. The second kappa shape index (κ2) is 4.19. The van der Waals surface area contributed by atoms with Gasteiger partial charge in [-0.15, -0.1) is 11.3 Å². The number of aromatic nitrogens is 1. The van der Waals surface area contributed by atoms with E-state index in [1.807, 2.05) is 0 Å². The Morgan fingerprint density at radius 2 is 2.38 bits per heavy atom. The van der Waals surface area contributed by atoms with Crippen molar-refractivity contribution in [3.05, 3.63) is 28.0 Å². The van der Waals surface area contributed by atoms with Gasteiger partial charge >= 0.3 is 0 Å². The van der Waals surface area contributed by atoms with Crippen molar-refractivity contribution in [3.8, 4) is 0 Å². The van der Waals surface area contributed by atoms with Gasteiger partial charge in [0, 0.05) is 0 Å². The number of anilines is 1. The molecule has 0 aliphatic carbocycles. The molecule has 0 saturated heterocycles. The van der Waals surface area contributed by atoms with Gasteiger partial charge in [-0.1, -0.05) is 11.6 Å². The van der Waals surface area contributed by atoms with Crippen molar-refractivity contribution in [3.63, 3.8) is 0 Å². The molecule has 0 fully saturated rings. The first-order valence-corrected chi connectivity index (χ1v) is 5.41. The minimum atomic E-state index is -0.571. The van der Waals surface area contributed by atoms with Crippen LogP contribution in [-0.4, -0.2) is 11.3 Å². The molecule has 1 heterocycles. The maximum absolute atomic E-state index is 13.3. The summed E-state index contributed by atoms with van der Waals surface area (Å²) in [6, 6.07) is 1.12. The molecule has 2 aromatic rings. The first-order chi connectivity index (χ1) is 7.63. The van der Waals surface area contributed by atoms with Crippen molar-refractivity contribution in [1.82, 2.24) is 4.98 Å². The average molecular weight is 256 g/mol. The van der Waals surface area contributed by atoms with Gasteiger partial charge < -0.3 is 5.73 Å². The van der Waals surface area contributed by atoms with Gasteiger partial charge in [0.05, 0.1) is 15.4 Å². The van der Waals surface area contributed by atoms with Gasteiger partial charge in [0.2, 0.25) is 6.29 Å². The highest BCUT2D eigenvalue weighted by Crippen LogP contribution is 2.35. The fraction of sp³-hybridized carbons (Fsp3) is 0. The zero-order valence-corrected chi connectivity index (χ0v) is 9.40. The van der Waals surface area contributed by atoms with Crippen molar-refractivity contribution >= 4 is 51.2 Å². The summed E-state index contributed by atoms with van der Waals surface area (Å²) < 4.78 is 13.7. The molecule has 0 aliphatic heterocycles. The SMILES string of the molecule is Nc1c(F)cc(Cl)c2nc(C=C[C]=O)sc12. The lowest BCUT2D eigenvalue weighted by atomic mass is 10.3. The van der Waals surface area contributed by atoms with E-state index in [4.69, 9.17) is 17.3 Å². The third-order valence-electron chi connectivity index (χ3n) is 1.92. The molecule has 16 heavy (non-hydrogen) atoms. The first kappa shape index (κ1) is 11.0. The lowest BCUT2D eigenvalue weighted by Gasteiger charge is -1.98. The Morgan fingerprint density at radius 3 is 3.06 bits per heavy atom. The highest BCUT2D eigenvalue weighted by Gasteiger charge is 2.13. The van der Waals surface area contributed by atoms with Crippen LogP contribution in [0.4, 0.5) is 10.1 Å². The predicted molar refractivity (Wildman–Crippen MR) is 63.7 cm³/mol. The van der Waals surface area contributed by atoms with Crippen molar-refractivity contribution in [2.45, 2.75) is 0 Å². The van der Waals surface area contributed by atoms with Crippen LogP contribution in [-0.2, 0) is 4.79 Å². The number of carbonyl (C=O) groups excluding carboxylic acids is 1. The molecule has 0 amide bonds. The van der Waals surface area contributed by atoms with E-state index >= 15 is 0 Å². The molecular formula is C10H5ClFN2OS. The molecule has 2 N–H and O–H groups in total. The Balaban J connectivity index is 2.69. The number of rotatable bonds is 2. The summed E-state index contributed by atoms with van der Waals surface area (Å²) in [4.78, 5) is 14.2. The predicted octanol–water partition coefficient (Wildman–Crippen LogP) is 2.79. The van der Waals surface area contributed by atoms with Crippen LogP contribution in [0.15, 0.2) is 12.1 Å². The Bertz CT molecular complexity index is 594. The highest BCUT2D eigenvalue weighted by atomic mass is 35.5. The number of fused-ring (bicyclic) bond motifs is 1. The Morgan fingerprint density at radius 1 is 1.62 bits per heavy atom. The highest BCUT2D eigenvalue weighted by molar-refractivity contribution is 7.20. The van der Waals surface area contributed by atoms with Gasteiger partial charge in [0.15, 0.2) is 0 Å². The summed E-state index contributed by atoms with van der Waals surface area (Å²) in [5.74, 6) is -0.571. The summed E-state index contributed by atoms with van der Waals surface area (Å²) in [7, 11) is 0. The summed E-state index contributed by atoms with van der Waals surface area (Å²) in [6.45, 7) is 0. The zero-order chi connectivity index (χ0) is 11.7. The number of thiazole rings is 1. The number of allylic oxidation sites excluding steroid dienone is 1. The molecule has 0 atom stereocenters. The molecule has 6 heteroatoms. The fourth-order valence-electron chi connectivity index (χ4n) is 1.22. The largest absolute Gasteiger partial charge is 0.395 e. The fourth-order valence-corrected chi connectivity index (χ4v) is 2.45. The normalized spacial score (nSPS) is 11.4. The van der Waals surface area contributed by atoms with Crippen LogP contribution in [0.1, 0.15) is 5.01 Å². The first-order valence-electron chi connectivity index (χ1n) is 4.21. The van der Waals surface area contributed by atoms with Gasteiger partial charge in [-0.25, -0.2) is 9.37 Å². The summed E-state index contributed by atoms with van der Waals surface area (Å²) in [5, 5.41) is 0.727. The van der Waals surface area contributed by atoms with E-state index in [0.717, 1.165) is 6.07 Å². The topological polar surface area (TPSA) is 56.0 Å². The molecule has 0 aliphatic rings. The molecule has 0 unspecified atom stereocenters. The van der Waals surface area contributed by atoms with Crippen molar-refractivity contribution < 1.29 is 9.18 Å². The molecule has 0 saturated carbocycles. The minimum absolute atomic E-state index is 0.0200. The van der Waals surface area contributed by atoms with E-state index in [1.54, 1.807) is 6.29 Å². The second-order valence-electron chi connectivity index (χ2n) is 2.93. The van der Waals surface area contributed by atoms with Crippen LogP contribution in [0.3, 0.4) is 0 Å². The Labute approximate surface area is 99.3 Å². The lowest BCUT2D eigenvalue weighted by Crippen LogP contribution is -1.90. The smallest absolute Gasteiger partial charge is 0.225 e. The third-order valence-corrected chi connectivity index (χ3v) is 3.26. The van der Waals surface area contributed by atoms with E-state index in [2.05, 4.69) is 4.98 Å². The Hall–Kier alpha value is -1.46. The van der Waals surface area contributed by atoms with Crippen LogP contribution < -0.4 is 5.73 Å². The third kappa shape index (κ3) is 1.79. The van der Waals surface area contributed by atoms with Gasteiger partial charge in [-0.2, -0.15) is 0 Å². The van der Waals surface area contributed by atoms with Crippen molar-refractivity contribution in [2.75, 3.05) is 5.73 Å². The van der Waals surface area contributed by atoms with Crippen LogP contribution in [0.5, 0.6) is 0 Å². The molecule has 3 nitrogen and oxygen atoms in total. The molecular weight excluding hydrogens is 251 g/mol. The molecule has 1 aromatic heterocycles. The quantitative estimate of drug-likeness (QED) is 0.663. The standard InChI is InChI=1S/C10H5ClFN2OS/c11-5-4-6(12)8(13)10-9(5)14-7(16-10)2-1-3-15/h1-2,4H,13H2. The van der Waals surface area contributed by atoms with Crippen molar-refractivity contribution in [1.29, 1.82) is 0 Å². The number of nitrogens with two attached hydrogens (primary N) is 1. The van der Waals surface area contributed by atoms with E-state index < -0.39 is 5.82 Å². The maximum Gasteiger partial charge on any atom is 0.225 e. The monoisotopic (exact) mass is 255 g/mol. The van der Waals surface area contributed by atoms with E-state index in [-0.39, 0.29) is 10.7 Å². The Kier molecular flexibility index (Phi) is 2.89. The maximum atomic E-state index is 13.3. The van der Waals surface area contributed by atoms with Gasteiger partial charge in [0.1, 0.15) is 16.3 Å². The lowest BCUT2D eigenvalue weighted by molar-refractivity contribution is 0.564. The molecule has 2 rings (SSSR count). The van der Waals surface area contributed by atoms with Crippen LogP contribution in [0, 0.1) is 5.82 Å². The molecule has 1 aromatic carbocycles. The van der Waals surface area contributed by atoms with E-state index in [1.165, 1.54) is 23.5 Å². The summed E-state index contributed by atoms with van der Waals surface area (Å²) >= 11 is 6.99. The number of hydrogen-bond donors (Lipinski definition) is 1. The van der Waals surface area contributed by atoms with Crippen LogP contribution in [0.25, 0.3) is 16.3 Å². The minimum Gasteiger partial charge on any atom is -0.395 e. The van der Waals surface area contributed by atoms with E-state index in [9.17, 15) is 9.18 Å². The number of nitrogens with zero attached hydrogens (tertiary/aromatic N) is 1. The van der Waals surface area contributed by atoms with Crippen LogP contribution >= 0.6 is 22.9 Å². The summed E-state index contributed by atoms with van der Waals surface area (Å²) in [5.41, 5.74) is 6.03. The molecule has 81 valence electrons. The number of benzene rings is 1. The number of hydrogen-bond acceptors (Lipinski definition) is 4. The summed E-state index contributed by atoms with van der Waals surface area (Å²) in [6.07, 6.45) is 4.24. The molecule has 1 radical (unpaired) electrons. The van der Waals surface area contributed by atoms with E-state index in [0.29, 0.717) is 15.2 Å². The van der Waals surface area contributed by atoms with Gasteiger partial charge in [0.25, 0.3) is 0 Å². The van der Waals surface area contributed by atoms with Crippen molar-refractivity contribution in [2.24, 2.45) is 0 Å². The zero-order valence-electron chi connectivity index (χ0n) is 7.83. The van der Waals surface area contributed by atoms with Gasteiger partial charge in [-0.05, 0) is 18.2 Å². The second-order valence-corrected chi connectivity index (χ2v) is 4.37. The molecule has 0 bridgehead atoms. The average Bonchev–Trinajstić information content (AvgIpc) is 2.68.